The fourth-order valence-electron chi connectivity index (χ4n) is 2.02. The fraction of sp³-hybridized carbons (Fsp3) is 0.294. The third-order valence-electron chi connectivity index (χ3n) is 3.11. The Balaban J connectivity index is 1.69. The van der Waals surface area contributed by atoms with Crippen molar-refractivity contribution >= 4 is 35.1 Å². The van der Waals surface area contributed by atoms with Crippen LogP contribution >= 0.6 is 11.8 Å². The highest BCUT2D eigenvalue weighted by atomic mass is 32.2. The van der Waals surface area contributed by atoms with Crippen molar-refractivity contribution in [3.05, 3.63) is 36.4 Å². The van der Waals surface area contributed by atoms with Gasteiger partial charge in [-0.15, -0.1) is 35.1 Å². The van der Waals surface area contributed by atoms with Crippen LogP contribution in [0.2, 0.25) is 0 Å². The number of alkyl halides is 3. The van der Waals surface area contributed by atoms with E-state index >= 15 is 0 Å². The number of anilines is 2. The van der Waals surface area contributed by atoms with Crippen LogP contribution in [0.15, 0.2) is 41.4 Å². The first-order valence-corrected chi connectivity index (χ1v) is 9.09. The number of aromatic nitrogens is 2. The Bertz CT molecular complexity index is 799. The van der Waals surface area contributed by atoms with E-state index in [1.54, 1.807) is 12.1 Å². The van der Waals surface area contributed by atoms with Gasteiger partial charge in [0, 0.05) is 24.8 Å². The van der Waals surface area contributed by atoms with Crippen molar-refractivity contribution in [2.24, 2.45) is 0 Å². The molecule has 28 heavy (non-hydrogen) atoms. The zero-order chi connectivity index (χ0) is 20.6. The molecule has 11 heteroatoms. The molecular weight excluding hydrogens is 397 g/mol. The Labute approximate surface area is 163 Å². The van der Waals surface area contributed by atoms with Crippen LogP contribution < -0.4 is 15.4 Å². The highest BCUT2D eigenvalue weighted by Crippen LogP contribution is 2.24. The SMILES string of the molecule is CC(=O)Nc1ccc(SCCCC(=O)Nc2ccc(OC(F)(F)F)cc2)nn1. The Kier molecular flexibility index (Phi) is 7.61. The third kappa shape index (κ3) is 8.25. The summed E-state index contributed by atoms with van der Waals surface area (Å²) in [6.45, 7) is 1.38. The molecule has 2 aromatic rings. The van der Waals surface area contributed by atoms with E-state index in [2.05, 4.69) is 25.6 Å². The summed E-state index contributed by atoms with van der Waals surface area (Å²) in [6, 6.07) is 8.27. The first-order chi connectivity index (χ1) is 13.2. The first-order valence-electron chi connectivity index (χ1n) is 8.11. The number of thioether (sulfide) groups is 1. The molecule has 0 bridgehead atoms. The lowest BCUT2D eigenvalue weighted by atomic mass is 10.2. The number of hydrogen-bond acceptors (Lipinski definition) is 6. The van der Waals surface area contributed by atoms with Crippen LogP contribution in [0.3, 0.4) is 0 Å². The fourth-order valence-corrected chi connectivity index (χ4v) is 2.78. The molecule has 1 aromatic carbocycles. The van der Waals surface area contributed by atoms with Gasteiger partial charge in [-0.1, -0.05) is 0 Å². The van der Waals surface area contributed by atoms with Crippen molar-refractivity contribution in [3.8, 4) is 5.75 Å². The normalized spacial score (nSPS) is 11.0. The Morgan fingerprint density at radius 1 is 1.07 bits per heavy atom. The van der Waals surface area contributed by atoms with E-state index in [4.69, 9.17) is 0 Å². The van der Waals surface area contributed by atoms with Gasteiger partial charge in [-0.2, -0.15) is 0 Å². The Hall–Kier alpha value is -2.82. The lowest BCUT2D eigenvalue weighted by molar-refractivity contribution is -0.274. The maximum atomic E-state index is 12.1. The number of nitrogens with zero attached hydrogens (tertiary/aromatic N) is 2. The van der Waals surface area contributed by atoms with E-state index in [-0.39, 0.29) is 24.0 Å². The Morgan fingerprint density at radius 2 is 1.79 bits per heavy atom. The molecule has 2 N–H and O–H groups in total. The van der Waals surface area contributed by atoms with Crippen LogP contribution in [-0.2, 0) is 9.59 Å². The molecule has 1 aromatic heterocycles. The summed E-state index contributed by atoms with van der Waals surface area (Å²) in [6.07, 6.45) is -3.94. The minimum absolute atomic E-state index is 0.233. The molecule has 0 radical (unpaired) electrons. The van der Waals surface area contributed by atoms with Crippen molar-refractivity contribution in [1.29, 1.82) is 0 Å². The second kappa shape index (κ2) is 9.93. The maximum Gasteiger partial charge on any atom is 0.573 e. The summed E-state index contributed by atoms with van der Waals surface area (Å²) in [7, 11) is 0. The minimum atomic E-state index is -4.75. The molecule has 0 fully saturated rings. The average molecular weight is 414 g/mol. The van der Waals surface area contributed by atoms with E-state index in [1.807, 2.05) is 0 Å². The number of ether oxygens (including phenoxy) is 1. The monoisotopic (exact) mass is 414 g/mol. The second-order valence-corrected chi connectivity index (χ2v) is 6.63. The number of benzene rings is 1. The number of hydrogen-bond donors (Lipinski definition) is 2. The summed E-state index contributed by atoms with van der Waals surface area (Å²) in [4.78, 5) is 22.8. The van der Waals surface area contributed by atoms with Gasteiger partial charge in [0.2, 0.25) is 11.8 Å². The van der Waals surface area contributed by atoms with E-state index in [0.29, 0.717) is 28.7 Å². The quantitative estimate of drug-likeness (QED) is 0.504. The Morgan fingerprint density at radius 3 is 2.36 bits per heavy atom. The zero-order valence-corrected chi connectivity index (χ0v) is 15.6. The largest absolute Gasteiger partial charge is 0.573 e. The molecule has 0 aliphatic rings. The highest BCUT2D eigenvalue weighted by Gasteiger charge is 2.30. The van der Waals surface area contributed by atoms with Crippen LogP contribution in [0.1, 0.15) is 19.8 Å². The van der Waals surface area contributed by atoms with E-state index in [1.165, 1.54) is 30.8 Å². The molecule has 0 aliphatic heterocycles. The molecule has 0 saturated carbocycles. The molecule has 2 rings (SSSR count). The maximum absolute atomic E-state index is 12.1. The molecule has 0 unspecified atom stereocenters. The standard InChI is InChI=1S/C17H17F3N4O3S/c1-11(25)21-14-8-9-16(24-23-14)28-10-2-3-15(26)22-12-4-6-13(7-5-12)27-17(18,19)20/h4-9H,2-3,10H2,1H3,(H,22,26)(H,21,23,25). The molecule has 2 amide bonds. The number of amides is 2. The van der Waals surface area contributed by atoms with Crippen LogP contribution in [0.5, 0.6) is 5.75 Å². The minimum Gasteiger partial charge on any atom is -0.406 e. The topological polar surface area (TPSA) is 93.2 Å². The number of rotatable bonds is 8. The number of halogens is 3. The van der Waals surface area contributed by atoms with E-state index < -0.39 is 6.36 Å². The van der Waals surface area contributed by atoms with Crippen LogP contribution in [0.25, 0.3) is 0 Å². The van der Waals surface area contributed by atoms with Crippen molar-refractivity contribution in [3.63, 3.8) is 0 Å². The van der Waals surface area contributed by atoms with Crippen LogP contribution in [-0.4, -0.2) is 34.1 Å². The second-order valence-electron chi connectivity index (χ2n) is 5.51. The van der Waals surface area contributed by atoms with Crippen molar-refractivity contribution < 1.29 is 27.5 Å². The summed E-state index contributed by atoms with van der Waals surface area (Å²) in [5, 5.41) is 13.6. The highest BCUT2D eigenvalue weighted by molar-refractivity contribution is 7.99. The predicted molar refractivity (Wildman–Crippen MR) is 98.0 cm³/mol. The van der Waals surface area contributed by atoms with Crippen molar-refractivity contribution in [2.45, 2.75) is 31.2 Å². The molecule has 7 nitrogen and oxygen atoms in total. The van der Waals surface area contributed by atoms with Gasteiger partial charge in [-0.05, 0) is 42.8 Å². The van der Waals surface area contributed by atoms with Crippen LogP contribution in [0.4, 0.5) is 24.7 Å². The van der Waals surface area contributed by atoms with Gasteiger partial charge in [-0.25, -0.2) is 0 Å². The molecule has 1 heterocycles. The van der Waals surface area contributed by atoms with Crippen LogP contribution in [0, 0.1) is 0 Å². The molecule has 0 aliphatic carbocycles. The summed E-state index contributed by atoms with van der Waals surface area (Å²) in [5.41, 5.74) is 0.381. The van der Waals surface area contributed by atoms with Crippen molar-refractivity contribution in [2.75, 3.05) is 16.4 Å². The number of nitrogens with one attached hydrogen (secondary N) is 2. The predicted octanol–water partition coefficient (Wildman–Crippen LogP) is 3.84. The molecule has 0 spiro atoms. The summed E-state index contributed by atoms with van der Waals surface area (Å²) >= 11 is 1.41. The zero-order valence-electron chi connectivity index (χ0n) is 14.7. The van der Waals surface area contributed by atoms with E-state index in [9.17, 15) is 22.8 Å². The lowest BCUT2D eigenvalue weighted by Gasteiger charge is -2.10. The van der Waals surface area contributed by atoms with Gasteiger partial charge in [0.05, 0.1) is 0 Å². The van der Waals surface area contributed by atoms with E-state index in [0.717, 1.165) is 12.1 Å². The van der Waals surface area contributed by atoms with Gasteiger partial charge in [-0.3, -0.25) is 9.59 Å². The molecular formula is C17H17F3N4O3S. The molecule has 150 valence electrons. The number of carbonyl (C=O) groups excluding carboxylic acids is 2. The van der Waals surface area contributed by atoms with Gasteiger partial charge >= 0.3 is 6.36 Å². The summed E-state index contributed by atoms with van der Waals surface area (Å²) < 4.78 is 40.1. The lowest BCUT2D eigenvalue weighted by Crippen LogP contribution is -2.17. The molecule has 0 atom stereocenters. The first kappa shape index (κ1) is 21.5. The van der Waals surface area contributed by atoms with Gasteiger partial charge in [0.15, 0.2) is 5.82 Å². The number of carbonyl (C=O) groups is 2. The summed E-state index contributed by atoms with van der Waals surface area (Å²) in [5.74, 6) is 0.149. The van der Waals surface area contributed by atoms with Gasteiger partial charge in [0.25, 0.3) is 0 Å². The van der Waals surface area contributed by atoms with Crippen molar-refractivity contribution in [1.82, 2.24) is 10.2 Å². The van der Waals surface area contributed by atoms with Gasteiger partial charge < -0.3 is 15.4 Å². The smallest absolute Gasteiger partial charge is 0.406 e. The third-order valence-corrected chi connectivity index (χ3v) is 4.12. The van der Waals surface area contributed by atoms with Gasteiger partial charge in [0.1, 0.15) is 10.8 Å². The average Bonchev–Trinajstić information content (AvgIpc) is 2.60. The molecule has 0 saturated heterocycles.